The first-order chi connectivity index (χ1) is 16.0. The lowest BCUT2D eigenvalue weighted by molar-refractivity contribution is 0.297. The predicted octanol–water partition coefficient (Wildman–Crippen LogP) is 3.57. The van der Waals surface area contributed by atoms with Crippen LogP contribution < -0.4 is 5.32 Å². The molecule has 2 heterocycles. The minimum Gasteiger partial charge on any atom is -0.382 e. The molecule has 2 fully saturated rings. The van der Waals surface area contributed by atoms with Gasteiger partial charge in [-0.15, -0.1) is 0 Å². The van der Waals surface area contributed by atoms with Gasteiger partial charge in [0.2, 0.25) is 20.0 Å². The third-order valence-electron chi connectivity index (χ3n) is 6.72. The molecule has 0 radical (unpaired) electrons. The molecule has 186 valence electrons. The maximum absolute atomic E-state index is 15.0. The Hall–Kier alpha value is -2.01. The maximum Gasteiger partial charge on any atom is 0.221 e. The van der Waals surface area contributed by atoms with Crippen molar-refractivity contribution >= 4 is 25.7 Å². The number of hydrogen-bond donors (Lipinski definition) is 1. The summed E-state index contributed by atoms with van der Waals surface area (Å²) in [7, 11) is -6.81. The second-order valence-electron chi connectivity index (χ2n) is 9.46. The normalized spacial score (nSPS) is 24.7. The van der Waals surface area contributed by atoms with E-state index in [1.165, 1.54) is 20.9 Å². The van der Waals surface area contributed by atoms with Crippen molar-refractivity contribution in [1.82, 2.24) is 8.61 Å². The number of anilines is 1. The lowest BCUT2D eigenvalue weighted by Gasteiger charge is -2.36. The fourth-order valence-corrected chi connectivity index (χ4v) is 7.93. The molecule has 2 aliphatic rings. The van der Waals surface area contributed by atoms with Crippen LogP contribution in [0.1, 0.15) is 42.6 Å². The van der Waals surface area contributed by atoms with Crippen LogP contribution in [0.25, 0.3) is 0 Å². The molecule has 4 rings (SSSR count). The second kappa shape index (κ2) is 9.93. The molecule has 2 aliphatic heterocycles. The van der Waals surface area contributed by atoms with Gasteiger partial charge in [0.25, 0.3) is 0 Å². The number of hydrogen-bond acceptors (Lipinski definition) is 5. The summed E-state index contributed by atoms with van der Waals surface area (Å²) >= 11 is 0. The number of rotatable bonds is 6. The zero-order chi connectivity index (χ0) is 24.5. The Kier molecular flexibility index (Phi) is 7.33. The molecule has 0 aliphatic carbocycles. The SMILES string of the molecule is C[C@@H]1CC(c2ccccc2)S(=O)(=O)N(Cc2ccc(NC3CCN(S(C)(=O)=O)CC3)cc2F)C1. The van der Waals surface area contributed by atoms with Crippen molar-refractivity contribution in [3.05, 3.63) is 65.5 Å². The highest BCUT2D eigenvalue weighted by Gasteiger charge is 2.39. The van der Waals surface area contributed by atoms with Gasteiger partial charge >= 0.3 is 0 Å². The lowest BCUT2D eigenvalue weighted by Crippen LogP contribution is -2.43. The molecule has 0 spiro atoms. The average Bonchev–Trinajstić information content (AvgIpc) is 2.78. The first-order valence-electron chi connectivity index (χ1n) is 11.6. The number of benzene rings is 2. The summed E-state index contributed by atoms with van der Waals surface area (Å²) in [5.74, 6) is -0.293. The quantitative estimate of drug-likeness (QED) is 0.643. The fraction of sp³-hybridized carbons (Fsp3) is 0.500. The molecule has 2 aromatic rings. The zero-order valence-electron chi connectivity index (χ0n) is 19.5. The van der Waals surface area contributed by atoms with Crippen molar-refractivity contribution in [2.75, 3.05) is 31.2 Å². The molecule has 0 bridgehead atoms. The van der Waals surface area contributed by atoms with Crippen molar-refractivity contribution in [2.45, 2.75) is 44.0 Å². The van der Waals surface area contributed by atoms with E-state index in [-0.39, 0.29) is 18.5 Å². The number of nitrogens with zero attached hydrogens (tertiary/aromatic N) is 2. The molecule has 0 saturated carbocycles. The monoisotopic (exact) mass is 509 g/mol. The molecule has 1 unspecified atom stereocenters. The molecule has 1 N–H and O–H groups in total. The molecule has 2 aromatic carbocycles. The van der Waals surface area contributed by atoms with E-state index >= 15 is 0 Å². The summed E-state index contributed by atoms with van der Waals surface area (Å²) in [6, 6.07) is 14.0. The highest BCUT2D eigenvalue weighted by molar-refractivity contribution is 7.89. The van der Waals surface area contributed by atoms with Crippen LogP contribution in [0.3, 0.4) is 0 Å². The van der Waals surface area contributed by atoms with Crippen molar-refractivity contribution in [1.29, 1.82) is 0 Å². The highest BCUT2D eigenvalue weighted by Crippen LogP contribution is 2.38. The Morgan fingerprint density at radius 2 is 1.76 bits per heavy atom. The van der Waals surface area contributed by atoms with E-state index in [4.69, 9.17) is 0 Å². The highest BCUT2D eigenvalue weighted by atomic mass is 32.2. The fourth-order valence-electron chi connectivity index (χ4n) is 4.85. The molecule has 7 nitrogen and oxygen atoms in total. The number of halogens is 1. The average molecular weight is 510 g/mol. The molecule has 2 atom stereocenters. The summed E-state index contributed by atoms with van der Waals surface area (Å²) in [5, 5.41) is 2.66. The third kappa shape index (κ3) is 5.62. The number of piperidine rings is 1. The summed E-state index contributed by atoms with van der Waals surface area (Å²) < 4.78 is 67.9. The standard InChI is InChI=1S/C24H32FN3O4S2/c1-18-14-24(19-6-4-3-5-7-19)34(31,32)28(16-18)17-20-8-9-22(15-23(20)25)26-21-10-12-27(13-11-21)33(2,29)30/h3-9,15,18,21,24,26H,10-14,16-17H2,1-2H3/t18-,24?/m1/s1. The Labute approximate surface area is 202 Å². The summed E-state index contributed by atoms with van der Waals surface area (Å²) in [6.45, 7) is 3.25. The number of nitrogens with one attached hydrogen (secondary N) is 1. The van der Waals surface area contributed by atoms with Crippen LogP contribution in [0.4, 0.5) is 10.1 Å². The van der Waals surface area contributed by atoms with Crippen LogP contribution in [0.15, 0.2) is 48.5 Å². The van der Waals surface area contributed by atoms with Gasteiger partial charge in [0.15, 0.2) is 0 Å². The number of sulfonamides is 2. The van der Waals surface area contributed by atoms with Gasteiger partial charge in [-0.25, -0.2) is 25.5 Å². The Balaban J connectivity index is 1.44. The second-order valence-corrected chi connectivity index (χ2v) is 13.6. The minimum absolute atomic E-state index is 0.00509. The molecule has 0 aromatic heterocycles. The molecule has 2 saturated heterocycles. The molecule has 0 amide bonds. The van der Waals surface area contributed by atoms with Crippen LogP contribution in [-0.2, 0) is 26.6 Å². The van der Waals surface area contributed by atoms with Gasteiger partial charge < -0.3 is 5.32 Å². The molecular formula is C24H32FN3O4S2. The van der Waals surface area contributed by atoms with E-state index in [9.17, 15) is 21.2 Å². The smallest absolute Gasteiger partial charge is 0.221 e. The topological polar surface area (TPSA) is 86.8 Å². The van der Waals surface area contributed by atoms with Crippen molar-refractivity contribution in [3.8, 4) is 0 Å². The van der Waals surface area contributed by atoms with Crippen LogP contribution in [-0.4, -0.2) is 57.4 Å². The predicted molar refractivity (Wildman–Crippen MR) is 132 cm³/mol. The van der Waals surface area contributed by atoms with Crippen molar-refractivity contribution < 1.29 is 21.2 Å². The van der Waals surface area contributed by atoms with Gasteiger partial charge in [-0.3, -0.25) is 0 Å². The zero-order valence-corrected chi connectivity index (χ0v) is 21.2. The van der Waals surface area contributed by atoms with Crippen LogP contribution >= 0.6 is 0 Å². The Morgan fingerprint density at radius 3 is 2.38 bits per heavy atom. The largest absolute Gasteiger partial charge is 0.382 e. The lowest BCUT2D eigenvalue weighted by atomic mass is 10.00. The van der Waals surface area contributed by atoms with Crippen LogP contribution in [0.2, 0.25) is 0 Å². The van der Waals surface area contributed by atoms with E-state index in [2.05, 4.69) is 5.32 Å². The van der Waals surface area contributed by atoms with E-state index in [0.717, 1.165) is 5.56 Å². The van der Waals surface area contributed by atoms with Gasteiger partial charge in [-0.2, -0.15) is 4.31 Å². The maximum atomic E-state index is 15.0. The van der Waals surface area contributed by atoms with Crippen LogP contribution in [0, 0.1) is 11.7 Å². The van der Waals surface area contributed by atoms with Gasteiger partial charge in [0.1, 0.15) is 11.1 Å². The van der Waals surface area contributed by atoms with Crippen LogP contribution in [0.5, 0.6) is 0 Å². The van der Waals surface area contributed by atoms with Crippen molar-refractivity contribution in [3.63, 3.8) is 0 Å². The van der Waals surface area contributed by atoms with Gasteiger partial charge in [0.05, 0.1) is 6.26 Å². The van der Waals surface area contributed by atoms with Gasteiger partial charge in [-0.05, 0) is 42.9 Å². The van der Waals surface area contributed by atoms with E-state index in [1.54, 1.807) is 12.1 Å². The summed E-state index contributed by atoms with van der Waals surface area (Å²) in [6.07, 6.45) is 3.04. The first kappa shape index (κ1) is 25.1. The Morgan fingerprint density at radius 1 is 1.09 bits per heavy atom. The minimum atomic E-state index is -3.62. The summed E-state index contributed by atoms with van der Waals surface area (Å²) in [4.78, 5) is 0. The Bertz CT molecular complexity index is 1210. The van der Waals surface area contributed by atoms with Crippen molar-refractivity contribution in [2.24, 2.45) is 5.92 Å². The van der Waals surface area contributed by atoms with E-state index in [0.29, 0.717) is 50.1 Å². The van der Waals surface area contributed by atoms with Gasteiger partial charge in [-0.1, -0.05) is 43.3 Å². The molecule has 34 heavy (non-hydrogen) atoms. The molecular weight excluding hydrogens is 477 g/mol. The van der Waals surface area contributed by atoms with Gasteiger partial charge in [0, 0.05) is 43.5 Å². The van der Waals surface area contributed by atoms with E-state index in [1.807, 2.05) is 37.3 Å². The summed E-state index contributed by atoms with van der Waals surface area (Å²) in [5.41, 5.74) is 1.71. The van der Waals surface area contributed by atoms with E-state index < -0.39 is 31.1 Å². The molecule has 10 heteroatoms. The third-order valence-corrected chi connectivity index (χ3v) is 10.2. The first-order valence-corrected chi connectivity index (χ1v) is 14.9.